The van der Waals surface area contributed by atoms with Crippen molar-refractivity contribution in [2.75, 3.05) is 0 Å². The number of aromatic nitrogens is 2. The van der Waals surface area contributed by atoms with E-state index >= 15 is 0 Å². The van der Waals surface area contributed by atoms with E-state index in [0.29, 0.717) is 0 Å². The van der Waals surface area contributed by atoms with Crippen LogP contribution in [0, 0.1) is 38.3 Å². The monoisotopic (exact) mass is 564 g/mol. The maximum atomic E-state index is 7.50. The van der Waals surface area contributed by atoms with Crippen LogP contribution >= 0.6 is 9.42 Å². The number of rotatable bonds is 0. The summed E-state index contributed by atoms with van der Waals surface area (Å²) in [6.45, 7) is 15.4. The van der Waals surface area contributed by atoms with Gasteiger partial charge in [0.25, 0.3) is 0 Å². The first-order chi connectivity index (χ1) is 13.6. The largest absolute Gasteiger partial charge is 0.265 e. The van der Waals surface area contributed by atoms with Crippen LogP contribution in [0.1, 0.15) is 22.3 Å². The van der Waals surface area contributed by atoms with Gasteiger partial charge in [0.15, 0.2) is 0 Å². The summed E-state index contributed by atoms with van der Waals surface area (Å²) in [4.78, 5) is 7.57. The van der Waals surface area contributed by atoms with E-state index in [4.69, 9.17) is 18.7 Å². The van der Waals surface area contributed by atoms with E-state index in [9.17, 15) is 0 Å². The number of hydrogen-bond donors (Lipinski definition) is 0. The van der Waals surface area contributed by atoms with Crippen LogP contribution in [0.3, 0.4) is 0 Å². The van der Waals surface area contributed by atoms with E-state index in [1.54, 1.807) is 24.8 Å². The fourth-order valence-corrected chi connectivity index (χ4v) is 4.07. The summed E-state index contributed by atoms with van der Waals surface area (Å²) < 4.78 is 18.3. The van der Waals surface area contributed by atoms with Crippen molar-refractivity contribution in [2.24, 2.45) is 0 Å². The number of benzene rings is 1. The zero-order chi connectivity index (χ0) is 21.6. The SMILES string of the molecule is Cc1cc(C)c([C]#[W][Cl])c(C)c1.[C-]#[O+].[C-]#[O+].c1ccncc1.c1ccncc1. The molecule has 0 aliphatic heterocycles. The molecule has 0 saturated carbocycles. The summed E-state index contributed by atoms with van der Waals surface area (Å²) in [6.07, 6.45) is 7.00. The molecule has 0 saturated heterocycles. The normalized spacial score (nSPS) is 7.57. The Morgan fingerprint density at radius 2 is 1.11 bits per heavy atom. The van der Waals surface area contributed by atoms with Crippen molar-refractivity contribution >= 4 is 9.42 Å². The van der Waals surface area contributed by atoms with E-state index in [2.05, 4.69) is 60.4 Å². The molecule has 0 unspecified atom stereocenters. The summed E-state index contributed by atoms with van der Waals surface area (Å²) in [7, 11) is 5.78. The Labute approximate surface area is 179 Å². The summed E-state index contributed by atoms with van der Waals surface area (Å²) >= 11 is -0.833. The number of aryl methyl sites for hydroxylation is 3. The van der Waals surface area contributed by atoms with Crippen molar-refractivity contribution in [1.82, 2.24) is 9.97 Å². The van der Waals surface area contributed by atoms with Gasteiger partial charge in [0, 0.05) is 24.8 Å². The minimum Gasteiger partial charge on any atom is -0.265 e. The fourth-order valence-electron chi connectivity index (χ4n) is 2.00. The van der Waals surface area contributed by atoms with Gasteiger partial charge in [-0.3, -0.25) is 9.97 Å². The van der Waals surface area contributed by atoms with E-state index in [1.165, 1.54) is 22.3 Å². The molecule has 4 nitrogen and oxygen atoms in total. The molecule has 28 heavy (non-hydrogen) atoms. The molecule has 3 aromatic rings. The molecule has 0 aliphatic carbocycles. The predicted octanol–water partition coefficient (Wildman–Crippen LogP) is 5.24. The minimum absolute atomic E-state index is 0.833. The second kappa shape index (κ2) is 21.1. The van der Waals surface area contributed by atoms with Crippen LogP contribution in [0.2, 0.25) is 0 Å². The van der Waals surface area contributed by atoms with E-state index in [1.807, 2.05) is 36.4 Å². The zero-order valence-corrected chi connectivity index (χ0v) is 19.6. The maximum absolute atomic E-state index is 7.50. The van der Waals surface area contributed by atoms with Gasteiger partial charge in [0.05, 0.1) is 0 Å². The molecular formula is C22H21ClN2O2W. The molecule has 0 fully saturated rings. The van der Waals surface area contributed by atoms with Crippen LogP contribution in [0.15, 0.2) is 73.3 Å². The Morgan fingerprint density at radius 1 is 0.750 bits per heavy atom. The molecule has 0 spiro atoms. The summed E-state index contributed by atoms with van der Waals surface area (Å²) in [5.74, 6) is 0. The van der Waals surface area contributed by atoms with Crippen molar-refractivity contribution in [2.45, 2.75) is 20.8 Å². The van der Waals surface area contributed by atoms with Gasteiger partial charge in [-0.25, -0.2) is 0 Å². The van der Waals surface area contributed by atoms with Gasteiger partial charge in [0.2, 0.25) is 0 Å². The Morgan fingerprint density at radius 3 is 1.32 bits per heavy atom. The number of nitrogens with zero attached hydrogens (tertiary/aromatic N) is 2. The minimum atomic E-state index is -0.833. The Hall–Kier alpha value is -2.24. The van der Waals surface area contributed by atoms with Crippen LogP contribution < -0.4 is 0 Å². The molecular weight excluding hydrogens is 544 g/mol. The molecule has 0 radical (unpaired) electrons. The van der Waals surface area contributed by atoms with Crippen LogP contribution in [-0.4, -0.2) is 9.97 Å². The summed E-state index contributed by atoms with van der Waals surface area (Å²) in [5, 5.41) is 0. The van der Waals surface area contributed by atoms with Crippen LogP contribution in [0.25, 0.3) is 0 Å². The molecule has 0 amide bonds. The first-order valence-electron chi connectivity index (χ1n) is 7.87. The van der Waals surface area contributed by atoms with Gasteiger partial charge < -0.3 is 0 Å². The maximum Gasteiger partial charge on any atom is 0.0267 e. The van der Waals surface area contributed by atoms with Crippen molar-refractivity contribution in [3.05, 3.63) is 109 Å². The quantitative estimate of drug-likeness (QED) is 0.277. The molecule has 0 aliphatic rings. The average Bonchev–Trinajstić information content (AvgIpc) is 2.77. The van der Waals surface area contributed by atoms with Gasteiger partial charge in [0.1, 0.15) is 0 Å². The van der Waals surface area contributed by atoms with Gasteiger partial charge in [-0.2, -0.15) is 0 Å². The van der Waals surface area contributed by atoms with Gasteiger partial charge in [-0.1, -0.05) is 12.1 Å². The summed E-state index contributed by atoms with van der Waals surface area (Å²) in [6, 6.07) is 15.8. The van der Waals surface area contributed by atoms with E-state index < -0.39 is 16.9 Å². The van der Waals surface area contributed by atoms with Crippen molar-refractivity contribution in [1.29, 1.82) is 0 Å². The Kier molecular flexibility index (Phi) is 21.0. The predicted molar refractivity (Wildman–Crippen MR) is 106 cm³/mol. The van der Waals surface area contributed by atoms with Gasteiger partial charge in [-0.05, 0) is 24.3 Å². The van der Waals surface area contributed by atoms with Crippen molar-refractivity contribution in [3.63, 3.8) is 0 Å². The topological polar surface area (TPSA) is 65.6 Å². The molecule has 6 heteroatoms. The molecule has 0 bridgehead atoms. The first kappa shape index (κ1) is 28.0. The van der Waals surface area contributed by atoms with Crippen molar-refractivity contribution < 1.29 is 26.2 Å². The van der Waals surface area contributed by atoms with Gasteiger partial charge >= 0.3 is 108 Å². The molecule has 2 heterocycles. The van der Waals surface area contributed by atoms with Crippen LogP contribution in [-0.2, 0) is 26.2 Å². The summed E-state index contributed by atoms with van der Waals surface area (Å²) in [5.41, 5.74) is 5.15. The third kappa shape index (κ3) is 14.9. The molecule has 0 atom stereocenters. The third-order valence-electron chi connectivity index (χ3n) is 2.95. The first-order valence-corrected chi connectivity index (χ1v) is 13.0. The van der Waals surface area contributed by atoms with Gasteiger partial charge in [-0.15, -0.1) is 0 Å². The molecule has 3 rings (SSSR count). The standard InChI is InChI=1S/C10H11.2C5H5N.2CO.ClH.W/c1-7-5-8(2)10(4)9(3)6-7;2*1-2-4-6-5-3-1;2*1-2;;/h5-6H,1-3H3;2*1-5H;;;1H;/q;;;;;;+1/p-1. The molecule has 144 valence electrons. The van der Waals surface area contributed by atoms with Crippen LogP contribution in [0.5, 0.6) is 0 Å². The Bertz CT molecular complexity index is 745. The fraction of sp³-hybridized carbons (Fsp3) is 0.136. The second-order valence-electron chi connectivity index (χ2n) is 5.00. The number of halogens is 1. The zero-order valence-electron chi connectivity index (χ0n) is 15.9. The number of hydrogen-bond acceptors (Lipinski definition) is 2. The molecule has 1 aromatic carbocycles. The smallest absolute Gasteiger partial charge is 0.0267 e. The second-order valence-corrected chi connectivity index (χ2v) is 7.55. The van der Waals surface area contributed by atoms with E-state index in [-0.39, 0.29) is 0 Å². The number of pyridine rings is 2. The average molecular weight is 565 g/mol. The van der Waals surface area contributed by atoms with E-state index in [0.717, 1.165) is 0 Å². The molecule has 0 N–H and O–H groups in total. The van der Waals surface area contributed by atoms with Crippen LogP contribution in [0.4, 0.5) is 0 Å². The van der Waals surface area contributed by atoms with Crippen molar-refractivity contribution in [3.8, 4) is 4.20 Å². The molecule has 2 aromatic heterocycles. The third-order valence-corrected chi connectivity index (χ3v) is 4.59. The Balaban J connectivity index is 0.